The van der Waals surface area contributed by atoms with Crippen molar-refractivity contribution in [1.29, 1.82) is 0 Å². The molecule has 0 saturated heterocycles. The van der Waals surface area contributed by atoms with E-state index >= 15 is 0 Å². The quantitative estimate of drug-likeness (QED) is 0.288. The number of anilines is 2. The van der Waals surface area contributed by atoms with Gasteiger partial charge in [-0.2, -0.15) is 0 Å². The molecule has 1 atom stereocenters. The van der Waals surface area contributed by atoms with Crippen molar-refractivity contribution < 1.29 is 9.72 Å². The minimum atomic E-state index is -0.546. The monoisotopic (exact) mass is 449 g/mol. The van der Waals surface area contributed by atoms with Crippen LogP contribution in [0.3, 0.4) is 0 Å². The van der Waals surface area contributed by atoms with Crippen LogP contribution in [0.15, 0.2) is 52.9 Å². The molecule has 0 bridgehead atoms. The summed E-state index contributed by atoms with van der Waals surface area (Å²) in [6.45, 7) is 2.34. The van der Waals surface area contributed by atoms with Gasteiger partial charge < -0.3 is 10.6 Å². The number of halogens is 1. The first-order chi connectivity index (χ1) is 13.9. The second-order valence-electron chi connectivity index (χ2n) is 5.88. The Morgan fingerprint density at radius 3 is 2.76 bits per heavy atom. The maximum absolute atomic E-state index is 12.4. The van der Waals surface area contributed by atoms with Gasteiger partial charge in [0.05, 0.1) is 20.9 Å². The molecular formula is C18H16ClN5O3S2. The van der Waals surface area contributed by atoms with Gasteiger partial charge >= 0.3 is 0 Å². The number of hydrogen-bond donors (Lipinski definition) is 2. The zero-order valence-corrected chi connectivity index (χ0v) is 17.6. The highest BCUT2D eigenvalue weighted by Crippen LogP contribution is 2.31. The maximum atomic E-state index is 12.4. The molecule has 0 saturated carbocycles. The van der Waals surface area contributed by atoms with Gasteiger partial charge in [0.2, 0.25) is 11.0 Å². The van der Waals surface area contributed by atoms with Gasteiger partial charge in [0.25, 0.3) is 5.69 Å². The van der Waals surface area contributed by atoms with Crippen molar-refractivity contribution in [3.8, 4) is 0 Å². The number of thioether (sulfide) groups is 1. The van der Waals surface area contributed by atoms with Gasteiger partial charge in [-0.05, 0) is 18.6 Å². The van der Waals surface area contributed by atoms with Gasteiger partial charge in [-0.25, -0.2) is 0 Å². The van der Waals surface area contributed by atoms with Gasteiger partial charge in [-0.15, -0.1) is 10.2 Å². The number of nitro benzene ring substituents is 1. The Bertz CT molecular complexity index is 1020. The highest BCUT2D eigenvalue weighted by Gasteiger charge is 2.19. The van der Waals surface area contributed by atoms with Crippen LogP contribution in [-0.4, -0.2) is 26.3 Å². The number of amides is 1. The Labute approximate surface area is 179 Å². The van der Waals surface area contributed by atoms with Crippen LogP contribution < -0.4 is 10.6 Å². The lowest BCUT2D eigenvalue weighted by Crippen LogP contribution is -2.22. The molecule has 1 amide bonds. The third-order valence-corrected chi connectivity index (χ3v) is 6.15. The maximum Gasteiger partial charge on any atom is 0.271 e. The smallest absolute Gasteiger partial charge is 0.271 e. The predicted octanol–water partition coefficient (Wildman–Crippen LogP) is 4.83. The number of nitrogens with zero attached hydrogens (tertiary/aromatic N) is 3. The molecule has 8 nitrogen and oxygen atoms in total. The fourth-order valence-corrected chi connectivity index (χ4v) is 4.32. The van der Waals surface area contributed by atoms with Gasteiger partial charge in [-0.3, -0.25) is 14.9 Å². The van der Waals surface area contributed by atoms with Crippen molar-refractivity contribution in [3.05, 3.63) is 69.2 Å². The summed E-state index contributed by atoms with van der Waals surface area (Å²) in [7, 11) is 0. The summed E-state index contributed by atoms with van der Waals surface area (Å²) in [4.78, 5) is 22.8. The van der Waals surface area contributed by atoms with Crippen molar-refractivity contribution in [3.63, 3.8) is 0 Å². The first-order valence-electron chi connectivity index (χ1n) is 8.45. The summed E-state index contributed by atoms with van der Waals surface area (Å²) in [5, 5.41) is 25.3. The molecule has 1 unspecified atom stereocenters. The average molecular weight is 450 g/mol. The number of non-ortho nitro benzene ring substituents is 1. The Morgan fingerprint density at radius 2 is 2.03 bits per heavy atom. The molecule has 3 rings (SSSR count). The van der Waals surface area contributed by atoms with E-state index < -0.39 is 10.2 Å². The lowest BCUT2D eigenvalue weighted by Gasteiger charge is -2.11. The van der Waals surface area contributed by atoms with Gasteiger partial charge in [0.15, 0.2) is 4.34 Å². The molecule has 0 aliphatic rings. The summed E-state index contributed by atoms with van der Waals surface area (Å²) in [6.07, 6.45) is 0. The molecule has 2 aromatic carbocycles. The number of carbonyl (C=O) groups is 1. The number of nitro groups is 1. The molecular weight excluding hydrogens is 434 g/mol. The highest BCUT2D eigenvalue weighted by molar-refractivity contribution is 8.02. The molecule has 150 valence electrons. The lowest BCUT2D eigenvalue weighted by atomic mass is 10.2. The summed E-state index contributed by atoms with van der Waals surface area (Å²) in [5.74, 6) is -0.341. The van der Waals surface area contributed by atoms with E-state index in [1.165, 1.54) is 41.3 Å². The Hall–Kier alpha value is -2.69. The topological polar surface area (TPSA) is 110 Å². The highest BCUT2D eigenvalue weighted by atomic mass is 35.5. The van der Waals surface area contributed by atoms with Crippen molar-refractivity contribution in [2.24, 2.45) is 0 Å². The SMILES string of the molecule is CC(Sc1nnc(NCc2ccccc2)s1)C(=O)Nc1cc([N+](=O)[O-])ccc1Cl. The minimum Gasteiger partial charge on any atom is -0.356 e. The zero-order valence-electron chi connectivity index (χ0n) is 15.2. The Kier molecular flexibility index (Phi) is 7.02. The molecule has 0 radical (unpaired) electrons. The molecule has 3 aromatic rings. The average Bonchev–Trinajstić information content (AvgIpc) is 3.16. The van der Waals surface area contributed by atoms with E-state index in [9.17, 15) is 14.9 Å². The van der Waals surface area contributed by atoms with E-state index in [2.05, 4.69) is 20.8 Å². The molecule has 11 heteroatoms. The summed E-state index contributed by atoms with van der Waals surface area (Å²) in [5.41, 5.74) is 1.17. The molecule has 0 spiro atoms. The summed E-state index contributed by atoms with van der Waals surface area (Å²) in [6, 6.07) is 13.8. The van der Waals surface area contributed by atoms with Crippen LogP contribution in [0.5, 0.6) is 0 Å². The predicted molar refractivity (Wildman–Crippen MR) is 116 cm³/mol. The van der Waals surface area contributed by atoms with Gasteiger partial charge in [-0.1, -0.05) is 65.0 Å². The van der Waals surface area contributed by atoms with Crippen LogP contribution in [0, 0.1) is 10.1 Å². The van der Waals surface area contributed by atoms with Gasteiger partial charge in [0, 0.05) is 18.7 Å². The number of benzene rings is 2. The molecule has 0 fully saturated rings. The normalized spacial score (nSPS) is 11.7. The number of carbonyl (C=O) groups excluding carboxylic acids is 1. The Balaban J connectivity index is 1.57. The third kappa shape index (κ3) is 5.89. The molecule has 1 heterocycles. The number of hydrogen-bond acceptors (Lipinski definition) is 8. The van der Waals surface area contributed by atoms with Crippen LogP contribution in [0.1, 0.15) is 12.5 Å². The van der Waals surface area contributed by atoms with Crippen LogP contribution in [-0.2, 0) is 11.3 Å². The zero-order chi connectivity index (χ0) is 20.8. The van der Waals surface area contributed by atoms with Crippen molar-refractivity contribution in [1.82, 2.24) is 10.2 Å². The van der Waals surface area contributed by atoms with Gasteiger partial charge in [0.1, 0.15) is 0 Å². The number of rotatable bonds is 8. The van der Waals surface area contributed by atoms with Crippen molar-refractivity contribution >= 4 is 57.1 Å². The minimum absolute atomic E-state index is 0.150. The van der Waals surface area contributed by atoms with Crippen molar-refractivity contribution in [2.75, 3.05) is 10.6 Å². The van der Waals surface area contributed by atoms with E-state index in [1.54, 1.807) is 6.92 Å². The standard InChI is InChI=1S/C18H16ClN5O3S2/c1-11(16(25)21-15-9-13(24(26)27)7-8-14(15)19)28-18-23-22-17(29-18)20-10-12-5-3-2-4-6-12/h2-9,11H,10H2,1H3,(H,20,22)(H,21,25). The van der Waals surface area contributed by atoms with E-state index in [-0.39, 0.29) is 22.3 Å². The Morgan fingerprint density at radius 1 is 1.28 bits per heavy atom. The van der Waals surface area contributed by atoms with Crippen molar-refractivity contribution in [2.45, 2.75) is 23.1 Å². The molecule has 29 heavy (non-hydrogen) atoms. The molecule has 0 aliphatic carbocycles. The number of aromatic nitrogens is 2. The van der Waals surface area contributed by atoms with E-state index in [4.69, 9.17) is 11.6 Å². The second-order valence-corrected chi connectivity index (χ2v) is 8.86. The van der Waals surface area contributed by atoms with E-state index in [0.29, 0.717) is 16.0 Å². The molecule has 1 aromatic heterocycles. The van der Waals surface area contributed by atoms with E-state index in [0.717, 1.165) is 5.56 Å². The largest absolute Gasteiger partial charge is 0.356 e. The third-order valence-electron chi connectivity index (χ3n) is 3.76. The first-order valence-corrected chi connectivity index (χ1v) is 10.5. The summed E-state index contributed by atoms with van der Waals surface area (Å²) >= 11 is 8.62. The fourth-order valence-electron chi connectivity index (χ4n) is 2.26. The van der Waals surface area contributed by atoms with Crippen LogP contribution in [0.2, 0.25) is 5.02 Å². The summed E-state index contributed by atoms with van der Waals surface area (Å²) < 4.78 is 0.633. The lowest BCUT2D eigenvalue weighted by molar-refractivity contribution is -0.384. The second kappa shape index (κ2) is 9.68. The van der Waals surface area contributed by atoms with E-state index in [1.807, 2.05) is 30.3 Å². The van der Waals surface area contributed by atoms with Crippen LogP contribution in [0.4, 0.5) is 16.5 Å². The first kappa shape index (κ1) is 21.0. The van der Waals surface area contributed by atoms with Crippen LogP contribution >= 0.6 is 34.7 Å². The van der Waals surface area contributed by atoms with Crippen LogP contribution in [0.25, 0.3) is 0 Å². The number of nitrogens with one attached hydrogen (secondary N) is 2. The molecule has 0 aliphatic heterocycles. The molecule has 2 N–H and O–H groups in total. The fraction of sp³-hybridized carbons (Fsp3) is 0.167.